The van der Waals surface area contributed by atoms with Crippen LogP contribution in [0.3, 0.4) is 0 Å². The normalized spacial score (nSPS) is 10.2. The second-order valence-electron chi connectivity index (χ2n) is 3.42. The summed E-state index contributed by atoms with van der Waals surface area (Å²) in [5, 5.41) is 9.09. The van der Waals surface area contributed by atoms with E-state index >= 15 is 0 Å². The summed E-state index contributed by atoms with van der Waals surface area (Å²) in [7, 11) is 1.59. The SMILES string of the molecule is COc1ccc(-n2cc(I)cc2C(=O)O)cc1. The molecule has 1 aromatic carbocycles. The molecule has 0 aliphatic rings. The van der Waals surface area contributed by atoms with Gasteiger partial charge >= 0.3 is 5.97 Å². The summed E-state index contributed by atoms with van der Waals surface area (Å²) in [6.07, 6.45) is 1.78. The number of nitrogens with zero attached hydrogens (tertiary/aromatic N) is 1. The van der Waals surface area contributed by atoms with Gasteiger partial charge in [-0.05, 0) is 52.9 Å². The molecule has 0 fully saturated rings. The summed E-state index contributed by atoms with van der Waals surface area (Å²) < 4.78 is 7.59. The van der Waals surface area contributed by atoms with Crippen molar-refractivity contribution in [3.63, 3.8) is 0 Å². The third-order valence-corrected chi connectivity index (χ3v) is 2.95. The number of aromatic nitrogens is 1. The molecule has 88 valence electrons. The number of rotatable bonds is 3. The minimum Gasteiger partial charge on any atom is -0.497 e. The van der Waals surface area contributed by atoms with Crippen molar-refractivity contribution >= 4 is 28.6 Å². The molecule has 0 aliphatic heterocycles. The van der Waals surface area contributed by atoms with Gasteiger partial charge in [0.15, 0.2) is 0 Å². The molecule has 0 amide bonds. The van der Waals surface area contributed by atoms with E-state index in [2.05, 4.69) is 22.6 Å². The van der Waals surface area contributed by atoms with Gasteiger partial charge in [0.1, 0.15) is 11.4 Å². The summed E-state index contributed by atoms with van der Waals surface area (Å²) in [4.78, 5) is 11.1. The first-order chi connectivity index (χ1) is 8.11. The van der Waals surface area contributed by atoms with E-state index in [4.69, 9.17) is 9.84 Å². The highest BCUT2D eigenvalue weighted by molar-refractivity contribution is 14.1. The maximum absolute atomic E-state index is 11.1. The van der Waals surface area contributed by atoms with Crippen molar-refractivity contribution < 1.29 is 14.6 Å². The van der Waals surface area contributed by atoms with Gasteiger partial charge in [0.25, 0.3) is 0 Å². The van der Waals surface area contributed by atoms with Gasteiger partial charge in [0.05, 0.1) is 7.11 Å². The van der Waals surface area contributed by atoms with E-state index < -0.39 is 5.97 Å². The van der Waals surface area contributed by atoms with Crippen LogP contribution in [-0.2, 0) is 0 Å². The van der Waals surface area contributed by atoms with Gasteiger partial charge in [0.2, 0.25) is 0 Å². The molecule has 0 unspecified atom stereocenters. The van der Waals surface area contributed by atoms with Crippen molar-refractivity contribution in [1.82, 2.24) is 4.57 Å². The van der Waals surface area contributed by atoms with Crippen LogP contribution in [0.1, 0.15) is 10.5 Å². The third-order valence-electron chi connectivity index (χ3n) is 2.36. The molecule has 17 heavy (non-hydrogen) atoms. The van der Waals surface area contributed by atoms with E-state index in [1.165, 1.54) is 0 Å². The topological polar surface area (TPSA) is 51.5 Å². The number of ether oxygens (including phenoxy) is 1. The fourth-order valence-corrected chi connectivity index (χ4v) is 2.13. The number of halogens is 1. The van der Waals surface area contributed by atoms with Crippen molar-refractivity contribution in [1.29, 1.82) is 0 Å². The van der Waals surface area contributed by atoms with Gasteiger partial charge in [-0.1, -0.05) is 0 Å². The lowest BCUT2D eigenvalue weighted by atomic mass is 10.3. The Morgan fingerprint density at radius 3 is 2.53 bits per heavy atom. The van der Waals surface area contributed by atoms with E-state index in [-0.39, 0.29) is 5.69 Å². The summed E-state index contributed by atoms with van der Waals surface area (Å²) >= 11 is 2.09. The van der Waals surface area contributed by atoms with E-state index in [9.17, 15) is 4.79 Å². The Morgan fingerprint density at radius 1 is 1.35 bits per heavy atom. The first kappa shape index (κ1) is 12.0. The smallest absolute Gasteiger partial charge is 0.352 e. The average Bonchev–Trinajstić information content (AvgIpc) is 2.72. The predicted molar refractivity (Wildman–Crippen MR) is 72.0 cm³/mol. The molecule has 0 saturated heterocycles. The molecule has 0 radical (unpaired) electrons. The van der Waals surface area contributed by atoms with Crippen molar-refractivity contribution in [2.45, 2.75) is 0 Å². The number of carboxylic acid groups (broad SMARTS) is 1. The Bertz CT molecular complexity index is 545. The Labute approximate surface area is 112 Å². The van der Waals surface area contributed by atoms with Gasteiger partial charge in [-0.25, -0.2) is 4.79 Å². The van der Waals surface area contributed by atoms with Crippen LogP contribution in [0, 0.1) is 3.57 Å². The van der Waals surface area contributed by atoms with E-state index in [1.54, 1.807) is 36.1 Å². The molecular weight excluding hydrogens is 333 g/mol. The molecule has 0 bridgehead atoms. The van der Waals surface area contributed by atoms with Crippen molar-refractivity contribution in [2.75, 3.05) is 7.11 Å². The Balaban J connectivity index is 2.48. The quantitative estimate of drug-likeness (QED) is 0.872. The van der Waals surface area contributed by atoms with E-state index in [1.807, 2.05) is 12.1 Å². The lowest BCUT2D eigenvalue weighted by molar-refractivity contribution is 0.0688. The minimum atomic E-state index is -0.941. The monoisotopic (exact) mass is 343 g/mol. The molecule has 0 spiro atoms. The van der Waals surface area contributed by atoms with Crippen molar-refractivity contribution in [2.24, 2.45) is 0 Å². The molecule has 0 atom stereocenters. The van der Waals surface area contributed by atoms with Gasteiger partial charge in [0, 0.05) is 15.5 Å². The maximum Gasteiger partial charge on any atom is 0.352 e. The first-order valence-electron chi connectivity index (χ1n) is 4.87. The largest absolute Gasteiger partial charge is 0.497 e. The zero-order valence-corrected chi connectivity index (χ0v) is 11.2. The predicted octanol–water partition coefficient (Wildman–Crippen LogP) is 2.79. The highest BCUT2D eigenvalue weighted by Gasteiger charge is 2.12. The molecule has 1 N–H and O–H groups in total. The molecular formula is C12H10INO3. The molecule has 2 rings (SSSR count). The molecule has 0 saturated carbocycles. The van der Waals surface area contributed by atoms with Crippen molar-refractivity contribution in [3.05, 3.63) is 45.8 Å². The Kier molecular flexibility index (Phi) is 3.37. The number of hydrogen-bond acceptors (Lipinski definition) is 2. The van der Waals surface area contributed by atoms with Gasteiger partial charge in [-0.3, -0.25) is 0 Å². The number of methoxy groups -OCH3 is 1. The minimum absolute atomic E-state index is 0.250. The van der Waals surface area contributed by atoms with Crippen LogP contribution in [0.2, 0.25) is 0 Å². The molecule has 1 heterocycles. The number of benzene rings is 1. The fraction of sp³-hybridized carbons (Fsp3) is 0.0833. The fourth-order valence-electron chi connectivity index (χ4n) is 1.55. The second-order valence-corrected chi connectivity index (χ2v) is 4.66. The van der Waals surface area contributed by atoms with Crippen molar-refractivity contribution in [3.8, 4) is 11.4 Å². The number of aromatic carboxylic acids is 1. The summed E-state index contributed by atoms with van der Waals surface area (Å²) in [5.41, 5.74) is 1.05. The highest BCUT2D eigenvalue weighted by Crippen LogP contribution is 2.20. The third kappa shape index (κ3) is 2.44. The van der Waals surface area contributed by atoms with E-state index in [0.717, 1.165) is 15.0 Å². The molecule has 1 aromatic heterocycles. The molecule has 2 aromatic rings. The van der Waals surface area contributed by atoms with Crippen LogP contribution in [0.5, 0.6) is 5.75 Å². The summed E-state index contributed by atoms with van der Waals surface area (Å²) in [6.45, 7) is 0. The molecule has 0 aliphatic carbocycles. The lowest BCUT2D eigenvalue weighted by Gasteiger charge is -2.07. The Morgan fingerprint density at radius 2 is 2.00 bits per heavy atom. The standard InChI is InChI=1S/C12H10INO3/c1-17-10-4-2-9(3-5-10)14-7-8(13)6-11(14)12(15)16/h2-7H,1H3,(H,15,16). The van der Waals surface area contributed by atoms with Crippen LogP contribution in [0.25, 0.3) is 5.69 Å². The van der Waals surface area contributed by atoms with E-state index in [0.29, 0.717) is 0 Å². The first-order valence-corrected chi connectivity index (χ1v) is 5.95. The van der Waals surface area contributed by atoms with Gasteiger partial charge in [-0.15, -0.1) is 0 Å². The molecule has 5 heteroatoms. The summed E-state index contributed by atoms with van der Waals surface area (Å²) in [6, 6.07) is 8.87. The summed E-state index contributed by atoms with van der Waals surface area (Å²) in [5.74, 6) is -0.198. The number of carbonyl (C=O) groups is 1. The lowest BCUT2D eigenvalue weighted by Crippen LogP contribution is -2.05. The zero-order chi connectivity index (χ0) is 12.4. The average molecular weight is 343 g/mol. The highest BCUT2D eigenvalue weighted by atomic mass is 127. The Hall–Kier alpha value is -1.50. The van der Waals surface area contributed by atoms with Crippen LogP contribution in [0.4, 0.5) is 0 Å². The molecule has 4 nitrogen and oxygen atoms in total. The zero-order valence-electron chi connectivity index (χ0n) is 9.05. The van der Waals surface area contributed by atoms with Gasteiger partial charge < -0.3 is 14.4 Å². The van der Waals surface area contributed by atoms with Gasteiger partial charge in [-0.2, -0.15) is 0 Å². The second kappa shape index (κ2) is 4.79. The maximum atomic E-state index is 11.1. The number of hydrogen-bond donors (Lipinski definition) is 1. The van der Waals surface area contributed by atoms with Crippen LogP contribution < -0.4 is 4.74 Å². The van der Waals surface area contributed by atoms with Crippen LogP contribution >= 0.6 is 22.6 Å². The number of carboxylic acids is 1. The van der Waals surface area contributed by atoms with Crippen LogP contribution in [0.15, 0.2) is 36.5 Å². The van der Waals surface area contributed by atoms with Crippen LogP contribution in [-0.4, -0.2) is 22.8 Å².